The minimum absolute atomic E-state index is 0.657. The van der Waals surface area contributed by atoms with Crippen LogP contribution in [0.2, 0.25) is 0 Å². The molecule has 0 aromatic heterocycles. The molecule has 0 aliphatic heterocycles. The number of unbranched alkanes of at least 4 members (excludes halogenated alkanes) is 10. The summed E-state index contributed by atoms with van der Waals surface area (Å²) >= 11 is 0. The van der Waals surface area contributed by atoms with Crippen LogP contribution in [0.5, 0.6) is 0 Å². The summed E-state index contributed by atoms with van der Waals surface area (Å²) in [5, 5.41) is 0. The minimum Gasteiger partial charge on any atom is -0.0654 e. The van der Waals surface area contributed by atoms with Gasteiger partial charge in [-0.3, -0.25) is 0 Å². The number of rotatable bonds is 19. The number of hydrogen-bond acceptors (Lipinski definition) is 0. The summed E-state index contributed by atoms with van der Waals surface area (Å²) in [6, 6.07) is 0. The van der Waals surface area contributed by atoms with Crippen LogP contribution in [0.3, 0.4) is 0 Å². The standard InChI is InChI=1S/C25H52/c1-6-10-14-15-16-17-20-24(5)25(21-13-9-4,22-18-11-7-2)23-19-12-8-3/h24H,6-23H2,1-5H3. The van der Waals surface area contributed by atoms with Crippen LogP contribution in [0.25, 0.3) is 0 Å². The van der Waals surface area contributed by atoms with Crippen LogP contribution in [0.4, 0.5) is 0 Å². The van der Waals surface area contributed by atoms with Crippen LogP contribution in [-0.2, 0) is 0 Å². The van der Waals surface area contributed by atoms with Crippen LogP contribution in [0, 0.1) is 11.3 Å². The van der Waals surface area contributed by atoms with E-state index in [1.165, 1.54) is 116 Å². The van der Waals surface area contributed by atoms with E-state index in [4.69, 9.17) is 0 Å². The molecule has 0 aliphatic rings. The second kappa shape index (κ2) is 17.4. The molecular weight excluding hydrogens is 300 g/mol. The van der Waals surface area contributed by atoms with Gasteiger partial charge in [0.25, 0.3) is 0 Å². The van der Waals surface area contributed by atoms with Gasteiger partial charge in [0.05, 0.1) is 0 Å². The van der Waals surface area contributed by atoms with E-state index >= 15 is 0 Å². The summed E-state index contributed by atoms with van der Waals surface area (Å²) in [6.45, 7) is 12.0. The first-order chi connectivity index (χ1) is 12.2. The second-order valence-electron chi connectivity index (χ2n) is 8.84. The van der Waals surface area contributed by atoms with Gasteiger partial charge in [0.2, 0.25) is 0 Å². The maximum Gasteiger partial charge on any atom is -0.0272 e. The third-order valence-electron chi connectivity index (χ3n) is 6.62. The highest BCUT2D eigenvalue weighted by Crippen LogP contribution is 2.45. The largest absolute Gasteiger partial charge is 0.0654 e. The third-order valence-corrected chi connectivity index (χ3v) is 6.62. The van der Waals surface area contributed by atoms with Crippen molar-refractivity contribution in [2.24, 2.45) is 11.3 Å². The molecule has 0 amide bonds. The molecule has 0 rings (SSSR count). The van der Waals surface area contributed by atoms with E-state index in [1.807, 2.05) is 0 Å². The van der Waals surface area contributed by atoms with Crippen molar-refractivity contribution >= 4 is 0 Å². The lowest BCUT2D eigenvalue weighted by Gasteiger charge is -2.41. The van der Waals surface area contributed by atoms with E-state index in [2.05, 4.69) is 34.6 Å². The maximum atomic E-state index is 2.61. The fourth-order valence-corrected chi connectivity index (χ4v) is 4.63. The fourth-order valence-electron chi connectivity index (χ4n) is 4.63. The Morgan fingerprint density at radius 1 is 0.480 bits per heavy atom. The molecular formula is C25H52. The van der Waals surface area contributed by atoms with E-state index in [-0.39, 0.29) is 0 Å². The lowest BCUT2D eigenvalue weighted by molar-refractivity contribution is 0.104. The molecule has 1 unspecified atom stereocenters. The monoisotopic (exact) mass is 352 g/mol. The molecule has 0 aromatic rings. The summed E-state index contributed by atoms with van der Waals surface area (Å²) < 4.78 is 0. The van der Waals surface area contributed by atoms with Gasteiger partial charge >= 0.3 is 0 Å². The van der Waals surface area contributed by atoms with Crippen molar-refractivity contribution in [1.82, 2.24) is 0 Å². The van der Waals surface area contributed by atoms with Crippen LogP contribution in [0.1, 0.15) is 150 Å². The van der Waals surface area contributed by atoms with Gasteiger partial charge in [-0.1, -0.05) is 131 Å². The van der Waals surface area contributed by atoms with Crippen molar-refractivity contribution in [1.29, 1.82) is 0 Å². The summed E-state index contributed by atoms with van der Waals surface area (Å²) in [7, 11) is 0. The van der Waals surface area contributed by atoms with Crippen LogP contribution in [-0.4, -0.2) is 0 Å². The van der Waals surface area contributed by atoms with Gasteiger partial charge in [-0.25, -0.2) is 0 Å². The Balaban J connectivity index is 4.64. The second-order valence-corrected chi connectivity index (χ2v) is 8.84. The third kappa shape index (κ3) is 12.1. The topological polar surface area (TPSA) is 0 Å². The molecule has 0 heteroatoms. The van der Waals surface area contributed by atoms with Gasteiger partial charge in [-0.2, -0.15) is 0 Å². The summed E-state index contributed by atoms with van der Waals surface area (Å²) in [4.78, 5) is 0. The normalized spacial score (nSPS) is 13.3. The zero-order chi connectivity index (χ0) is 18.8. The van der Waals surface area contributed by atoms with E-state index in [0.29, 0.717) is 5.41 Å². The summed E-state index contributed by atoms with van der Waals surface area (Å²) in [5.74, 6) is 0.930. The molecule has 0 spiro atoms. The van der Waals surface area contributed by atoms with Gasteiger partial charge < -0.3 is 0 Å². The highest BCUT2D eigenvalue weighted by atomic mass is 14.4. The predicted molar refractivity (Wildman–Crippen MR) is 117 cm³/mol. The first kappa shape index (κ1) is 25.0. The molecule has 0 fully saturated rings. The van der Waals surface area contributed by atoms with Gasteiger partial charge in [0.1, 0.15) is 0 Å². The maximum absolute atomic E-state index is 2.61. The molecule has 0 aliphatic carbocycles. The van der Waals surface area contributed by atoms with Crippen molar-refractivity contribution in [3.8, 4) is 0 Å². The van der Waals surface area contributed by atoms with Crippen molar-refractivity contribution in [2.75, 3.05) is 0 Å². The minimum atomic E-state index is 0.657. The molecule has 0 aromatic carbocycles. The van der Waals surface area contributed by atoms with Gasteiger partial charge in [-0.15, -0.1) is 0 Å². The highest BCUT2D eigenvalue weighted by Gasteiger charge is 2.33. The molecule has 0 bridgehead atoms. The van der Waals surface area contributed by atoms with E-state index in [1.54, 1.807) is 0 Å². The molecule has 25 heavy (non-hydrogen) atoms. The Bertz CT molecular complexity index is 245. The molecule has 152 valence electrons. The number of hydrogen-bond donors (Lipinski definition) is 0. The zero-order valence-corrected chi connectivity index (χ0v) is 18.8. The van der Waals surface area contributed by atoms with E-state index in [0.717, 1.165) is 5.92 Å². The first-order valence-corrected chi connectivity index (χ1v) is 12.2. The average molecular weight is 353 g/mol. The summed E-state index contributed by atoms with van der Waals surface area (Å²) in [6.07, 6.45) is 26.0. The van der Waals surface area contributed by atoms with Crippen molar-refractivity contribution < 1.29 is 0 Å². The van der Waals surface area contributed by atoms with Gasteiger partial charge in [-0.05, 0) is 30.6 Å². The lowest BCUT2D eigenvalue weighted by Crippen LogP contribution is -2.29. The highest BCUT2D eigenvalue weighted by molar-refractivity contribution is 4.85. The molecule has 0 N–H and O–H groups in total. The first-order valence-electron chi connectivity index (χ1n) is 12.2. The predicted octanol–water partition coefficient (Wildman–Crippen LogP) is 9.71. The zero-order valence-electron chi connectivity index (χ0n) is 18.8. The lowest BCUT2D eigenvalue weighted by atomic mass is 9.65. The Morgan fingerprint density at radius 3 is 1.40 bits per heavy atom. The summed E-state index contributed by atoms with van der Waals surface area (Å²) in [5.41, 5.74) is 0.657. The molecule has 0 radical (unpaired) electrons. The van der Waals surface area contributed by atoms with E-state index < -0.39 is 0 Å². The quantitative estimate of drug-likeness (QED) is 0.203. The van der Waals surface area contributed by atoms with Crippen LogP contribution >= 0.6 is 0 Å². The Kier molecular flexibility index (Phi) is 17.4. The smallest absolute Gasteiger partial charge is 0.0272 e. The van der Waals surface area contributed by atoms with Crippen LogP contribution in [0.15, 0.2) is 0 Å². The molecule has 0 saturated carbocycles. The van der Waals surface area contributed by atoms with Gasteiger partial charge in [0.15, 0.2) is 0 Å². The average Bonchev–Trinajstić information content (AvgIpc) is 2.62. The molecule has 1 atom stereocenters. The molecule has 0 heterocycles. The van der Waals surface area contributed by atoms with Crippen molar-refractivity contribution in [3.63, 3.8) is 0 Å². The van der Waals surface area contributed by atoms with Crippen molar-refractivity contribution in [2.45, 2.75) is 150 Å². The Hall–Kier alpha value is 0. The van der Waals surface area contributed by atoms with Crippen LogP contribution < -0.4 is 0 Å². The van der Waals surface area contributed by atoms with Crippen molar-refractivity contribution in [3.05, 3.63) is 0 Å². The Labute approximate surface area is 161 Å². The fraction of sp³-hybridized carbons (Fsp3) is 1.00. The SMILES string of the molecule is CCCCCCCCC(C)C(CCCC)(CCCCC)CCCCC. The Morgan fingerprint density at radius 2 is 0.880 bits per heavy atom. The van der Waals surface area contributed by atoms with E-state index in [9.17, 15) is 0 Å². The molecule has 0 saturated heterocycles. The van der Waals surface area contributed by atoms with Gasteiger partial charge in [0, 0.05) is 0 Å². The molecule has 0 nitrogen and oxygen atoms in total.